The van der Waals surface area contributed by atoms with Crippen LogP contribution in [0.15, 0.2) is 50.5 Å². The summed E-state index contributed by atoms with van der Waals surface area (Å²) in [6.45, 7) is 4.33. The van der Waals surface area contributed by atoms with Crippen molar-refractivity contribution < 1.29 is 9.21 Å². The van der Waals surface area contributed by atoms with Crippen LogP contribution in [0.5, 0.6) is 0 Å². The fraction of sp³-hybridized carbons (Fsp3) is 0.375. The molecule has 0 radical (unpaired) electrons. The number of amides is 1. The van der Waals surface area contributed by atoms with E-state index < -0.39 is 0 Å². The number of carbonyl (C=O) groups excluding carboxylic acids is 1. The molecule has 4 aromatic heterocycles. The fourth-order valence-corrected chi connectivity index (χ4v) is 6.09. The molecule has 33 heavy (non-hydrogen) atoms. The monoisotopic (exact) mass is 482 g/mol. The number of fused-ring (bicyclic) bond motifs is 1. The van der Waals surface area contributed by atoms with Gasteiger partial charge in [-0.3, -0.25) is 19.1 Å². The summed E-state index contributed by atoms with van der Waals surface area (Å²) >= 11 is 3.09. The van der Waals surface area contributed by atoms with Gasteiger partial charge in [0.1, 0.15) is 23.0 Å². The molecule has 0 bridgehead atoms. The Kier molecular flexibility index (Phi) is 6.43. The molecule has 172 valence electrons. The van der Waals surface area contributed by atoms with Crippen LogP contribution >= 0.6 is 22.7 Å². The highest BCUT2D eigenvalue weighted by Crippen LogP contribution is 2.34. The molecule has 4 aromatic rings. The number of aromatic nitrogens is 2. The first kappa shape index (κ1) is 22.1. The van der Waals surface area contributed by atoms with Crippen LogP contribution in [-0.2, 0) is 17.9 Å². The molecule has 0 aliphatic carbocycles. The van der Waals surface area contributed by atoms with Crippen LogP contribution in [0.3, 0.4) is 0 Å². The lowest BCUT2D eigenvalue weighted by molar-refractivity contribution is -0.122. The zero-order valence-electron chi connectivity index (χ0n) is 18.5. The molecule has 9 heteroatoms. The minimum Gasteiger partial charge on any atom is -0.467 e. The van der Waals surface area contributed by atoms with Gasteiger partial charge in [-0.25, -0.2) is 4.98 Å². The first-order chi connectivity index (χ1) is 16.1. The average molecular weight is 483 g/mol. The summed E-state index contributed by atoms with van der Waals surface area (Å²) in [5.41, 5.74) is 0.739. The van der Waals surface area contributed by atoms with Crippen LogP contribution in [0.4, 0.5) is 0 Å². The number of hydrogen-bond acceptors (Lipinski definition) is 7. The van der Waals surface area contributed by atoms with Gasteiger partial charge in [-0.2, -0.15) is 0 Å². The van der Waals surface area contributed by atoms with Gasteiger partial charge in [0.2, 0.25) is 5.91 Å². The second-order valence-electron chi connectivity index (χ2n) is 8.37. The molecule has 5 heterocycles. The van der Waals surface area contributed by atoms with Crippen LogP contribution in [0, 0.1) is 0 Å². The van der Waals surface area contributed by atoms with Crippen LogP contribution in [-0.4, -0.2) is 33.4 Å². The van der Waals surface area contributed by atoms with E-state index in [1.54, 1.807) is 28.2 Å². The summed E-state index contributed by atoms with van der Waals surface area (Å²) in [5.74, 6) is 1.08. The van der Waals surface area contributed by atoms with Gasteiger partial charge in [-0.1, -0.05) is 12.5 Å². The third-order valence-electron chi connectivity index (χ3n) is 6.02. The number of likely N-dealkylation sites (tertiary alicyclic amines) is 1. The normalized spacial score (nSPS) is 15.7. The number of rotatable bonds is 7. The van der Waals surface area contributed by atoms with Gasteiger partial charge in [0.15, 0.2) is 0 Å². The van der Waals surface area contributed by atoms with Crippen molar-refractivity contribution in [2.45, 2.75) is 45.3 Å². The van der Waals surface area contributed by atoms with E-state index in [4.69, 9.17) is 9.40 Å². The molecule has 5 rings (SSSR count). The molecular weight excluding hydrogens is 456 g/mol. The van der Waals surface area contributed by atoms with Gasteiger partial charge in [-0.05, 0) is 56.4 Å². The Morgan fingerprint density at radius 2 is 2.06 bits per heavy atom. The lowest BCUT2D eigenvalue weighted by atomic mass is 10.1. The predicted molar refractivity (Wildman–Crippen MR) is 132 cm³/mol. The fourth-order valence-electron chi connectivity index (χ4n) is 4.32. The highest BCUT2D eigenvalue weighted by molar-refractivity contribution is 7.18. The van der Waals surface area contributed by atoms with Gasteiger partial charge in [0, 0.05) is 15.8 Å². The molecule has 1 aliphatic rings. The van der Waals surface area contributed by atoms with E-state index >= 15 is 0 Å². The average Bonchev–Trinajstić information content (AvgIpc) is 3.58. The maximum absolute atomic E-state index is 13.7. The second kappa shape index (κ2) is 9.62. The summed E-state index contributed by atoms with van der Waals surface area (Å²) in [5, 5.41) is 7.54. The van der Waals surface area contributed by atoms with Crippen LogP contribution < -0.4 is 10.9 Å². The van der Waals surface area contributed by atoms with Gasteiger partial charge >= 0.3 is 0 Å². The van der Waals surface area contributed by atoms with E-state index in [-0.39, 0.29) is 24.1 Å². The van der Waals surface area contributed by atoms with Crippen LogP contribution in [0.25, 0.3) is 20.7 Å². The molecule has 7 nitrogen and oxygen atoms in total. The second-order valence-corrected chi connectivity index (χ2v) is 10.2. The van der Waals surface area contributed by atoms with Gasteiger partial charge in [-0.15, -0.1) is 22.7 Å². The SMILES string of the molecule is CC(NC(=O)Cn1c(CN2CCCCC2)nc2scc(-c3cccs3)c2c1=O)c1ccco1. The van der Waals surface area contributed by atoms with Crippen molar-refractivity contribution in [3.63, 3.8) is 0 Å². The van der Waals surface area contributed by atoms with E-state index in [0.717, 1.165) is 41.2 Å². The molecule has 1 amide bonds. The van der Waals surface area contributed by atoms with E-state index in [1.165, 1.54) is 17.8 Å². The van der Waals surface area contributed by atoms with Crippen molar-refractivity contribution in [1.82, 2.24) is 19.8 Å². The molecular formula is C24H26N4O3S2. The molecule has 1 unspecified atom stereocenters. The Morgan fingerprint density at radius 3 is 2.79 bits per heavy atom. The number of nitrogens with zero attached hydrogens (tertiary/aromatic N) is 3. The molecule has 1 saturated heterocycles. The summed E-state index contributed by atoms with van der Waals surface area (Å²) in [7, 11) is 0. The van der Waals surface area contributed by atoms with Crippen molar-refractivity contribution in [2.24, 2.45) is 0 Å². The number of thiophene rings is 2. The van der Waals surface area contributed by atoms with E-state index in [1.807, 2.05) is 35.9 Å². The smallest absolute Gasteiger partial charge is 0.263 e. The molecule has 0 saturated carbocycles. The number of carbonyl (C=O) groups is 1. The van der Waals surface area contributed by atoms with E-state index in [9.17, 15) is 9.59 Å². The van der Waals surface area contributed by atoms with E-state index in [0.29, 0.717) is 23.5 Å². The summed E-state index contributed by atoms with van der Waals surface area (Å²) < 4.78 is 6.96. The maximum Gasteiger partial charge on any atom is 0.263 e. The summed E-state index contributed by atoms with van der Waals surface area (Å²) in [6, 6.07) is 7.32. The predicted octanol–water partition coefficient (Wildman–Crippen LogP) is 4.64. The Hall–Kier alpha value is -2.75. The maximum atomic E-state index is 13.7. The van der Waals surface area contributed by atoms with Crippen molar-refractivity contribution in [2.75, 3.05) is 13.1 Å². The van der Waals surface area contributed by atoms with Gasteiger partial charge < -0.3 is 9.73 Å². The molecule has 1 fully saturated rings. The summed E-state index contributed by atoms with van der Waals surface area (Å²) in [6.07, 6.45) is 5.11. The molecule has 0 aromatic carbocycles. The minimum atomic E-state index is -0.284. The molecule has 1 aliphatic heterocycles. The van der Waals surface area contributed by atoms with E-state index in [2.05, 4.69) is 10.2 Å². The van der Waals surface area contributed by atoms with Gasteiger partial charge in [0.05, 0.1) is 24.2 Å². The van der Waals surface area contributed by atoms with Crippen molar-refractivity contribution in [3.8, 4) is 10.4 Å². The lowest BCUT2D eigenvalue weighted by Gasteiger charge is -2.27. The lowest BCUT2D eigenvalue weighted by Crippen LogP contribution is -2.38. The first-order valence-electron chi connectivity index (χ1n) is 11.2. The Bertz CT molecular complexity index is 1290. The van der Waals surface area contributed by atoms with Crippen LogP contribution in [0.2, 0.25) is 0 Å². The third-order valence-corrected chi connectivity index (χ3v) is 7.80. The van der Waals surface area contributed by atoms with Crippen molar-refractivity contribution in [1.29, 1.82) is 0 Å². The highest BCUT2D eigenvalue weighted by atomic mass is 32.1. The Balaban J connectivity index is 1.51. The Morgan fingerprint density at radius 1 is 1.21 bits per heavy atom. The number of nitrogens with one attached hydrogen (secondary N) is 1. The molecule has 1 atom stereocenters. The largest absolute Gasteiger partial charge is 0.467 e. The highest BCUT2D eigenvalue weighted by Gasteiger charge is 2.22. The molecule has 1 N–H and O–H groups in total. The Labute approximate surface area is 199 Å². The van der Waals surface area contributed by atoms with Gasteiger partial charge in [0.25, 0.3) is 5.56 Å². The topological polar surface area (TPSA) is 80.4 Å². The van der Waals surface area contributed by atoms with Crippen molar-refractivity contribution >= 4 is 38.8 Å². The van der Waals surface area contributed by atoms with Crippen molar-refractivity contribution in [3.05, 3.63) is 63.2 Å². The minimum absolute atomic E-state index is 0.0737. The third kappa shape index (κ3) is 4.66. The number of furan rings is 1. The standard InChI is InChI=1S/C24H26N4O3S2/c1-16(18-7-5-11-31-18)25-21(29)14-28-20(13-27-9-3-2-4-10-27)26-23-22(24(28)30)17(15-33-23)19-8-6-12-32-19/h5-8,11-12,15-16H,2-4,9-10,13-14H2,1H3,(H,25,29). The quantitative estimate of drug-likeness (QED) is 0.415. The number of hydrogen-bond donors (Lipinski definition) is 1. The zero-order chi connectivity index (χ0) is 22.8. The number of piperidine rings is 1. The van der Waals surface area contributed by atoms with Crippen LogP contribution in [0.1, 0.15) is 43.8 Å². The molecule has 0 spiro atoms. The first-order valence-corrected chi connectivity index (χ1v) is 13.0. The summed E-state index contributed by atoms with van der Waals surface area (Å²) in [4.78, 5) is 35.7. The zero-order valence-corrected chi connectivity index (χ0v) is 20.1.